The van der Waals surface area contributed by atoms with Crippen LogP contribution in [0.2, 0.25) is 0 Å². The van der Waals surface area contributed by atoms with Crippen LogP contribution < -0.4 is 16.0 Å². The van der Waals surface area contributed by atoms with E-state index in [1.165, 1.54) is 70.7 Å². The van der Waals surface area contributed by atoms with Gasteiger partial charge in [0.05, 0.1) is 37.6 Å². The summed E-state index contributed by atoms with van der Waals surface area (Å²) in [7, 11) is 4.47. The van der Waals surface area contributed by atoms with Gasteiger partial charge < -0.3 is 45.1 Å². The lowest BCUT2D eigenvalue weighted by atomic mass is 9.39. The van der Waals surface area contributed by atoms with Crippen molar-refractivity contribution in [2.75, 3.05) is 21.3 Å². The summed E-state index contributed by atoms with van der Waals surface area (Å²) in [6, 6.07) is 26.4. The van der Waals surface area contributed by atoms with Gasteiger partial charge in [0.15, 0.2) is 0 Å². The Bertz CT molecular complexity index is 2440. The molecule has 348 valence electrons. The van der Waals surface area contributed by atoms with Crippen LogP contribution in [-0.4, -0.2) is 88.9 Å². The number of esters is 3. The van der Waals surface area contributed by atoms with E-state index in [1.807, 2.05) is 0 Å². The summed E-state index contributed by atoms with van der Waals surface area (Å²) in [5.41, 5.74) is 7.69. The number of fused-ring (bicyclic) bond motifs is 3. The molecule has 0 aliphatic heterocycles. The van der Waals surface area contributed by atoms with Gasteiger partial charge in [0.25, 0.3) is 0 Å². The Morgan fingerprint density at radius 2 is 0.697 bits per heavy atom. The highest BCUT2D eigenvalue weighted by molar-refractivity contribution is 5.86. The lowest BCUT2D eigenvalue weighted by molar-refractivity contribution is -0.203. The monoisotopic (exact) mass is 895 g/mol. The summed E-state index contributed by atoms with van der Waals surface area (Å²) in [5.74, 6) is -0.0821. The van der Waals surface area contributed by atoms with Crippen molar-refractivity contribution in [1.82, 2.24) is 30.9 Å². The molecule has 0 amide bonds. The van der Waals surface area contributed by atoms with Crippen LogP contribution in [0.15, 0.2) is 91.4 Å². The van der Waals surface area contributed by atoms with Gasteiger partial charge in [0, 0.05) is 86.0 Å². The average molecular weight is 895 g/mol. The van der Waals surface area contributed by atoms with Gasteiger partial charge in [-0.2, -0.15) is 0 Å². The van der Waals surface area contributed by atoms with Crippen LogP contribution in [0, 0.1) is 16.2 Å². The fourth-order valence-electron chi connectivity index (χ4n) is 13.7. The first-order valence-corrected chi connectivity index (χ1v) is 23.9. The molecule has 66 heavy (non-hydrogen) atoms. The van der Waals surface area contributed by atoms with Gasteiger partial charge in [-0.3, -0.25) is 14.4 Å². The van der Waals surface area contributed by atoms with E-state index < -0.39 is 0 Å². The number of methoxy groups -OCH3 is 3. The lowest BCUT2D eigenvalue weighted by Gasteiger charge is -2.69. The van der Waals surface area contributed by atoms with Gasteiger partial charge >= 0.3 is 17.9 Å². The molecule has 0 saturated heterocycles. The fraction of sp³-hybridized carbons (Fsp3) is 0.500. The van der Waals surface area contributed by atoms with Gasteiger partial charge in [0.2, 0.25) is 0 Å². The molecule has 6 bridgehead atoms. The molecule has 3 heterocycles. The van der Waals surface area contributed by atoms with E-state index in [-0.39, 0.29) is 50.8 Å². The van der Waals surface area contributed by atoms with Crippen molar-refractivity contribution >= 4 is 50.6 Å². The molecule has 9 fully saturated rings. The highest BCUT2D eigenvalue weighted by atomic mass is 16.5. The molecule has 0 radical (unpaired) electrons. The molecule has 0 spiro atoms. The zero-order chi connectivity index (χ0) is 46.1. The quantitative estimate of drug-likeness (QED) is 0.0440. The molecule has 9 saturated carbocycles. The first-order valence-electron chi connectivity index (χ1n) is 23.9. The Morgan fingerprint density at radius 1 is 0.455 bits per heavy atom. The van der Waals surface area contributed by atoms with Crippen molar-refractivity contribution in [3.05, 3.63) is 108 Å². The van der Waals surface area contributed by atoms with Crippen LogP contribution in [0.4, 0.5) is 0 Å². The summed E-state index contributed by atoms with van der Waals surface area (Å²) in [4.78, 5) is 45.2. The number of aromatic nitrogens is 3. The molecule has 12 nitrogen and oxygen atoms in total. The predicted octanol–water partition coefficient (Wildman–Crippen LogP) is 8.35. The Kier molecular flexibility index (Phi) is 11.0. The number of carbonyl (C=O) groups excluding carboxylic acids is 3. The Balaban J connectivity index is 0.000000116. The molecule has 6 N–H and O–H groups in total. The maximum absolute atomic E-state index is 11.7. The molecular weight excluding hydrogens is 829 g/mol. The van der Waals surface area contributed by atoms with Crippen LogP contribution >= 0.6 is 0 Å². The molecule has 1 unspecified atom stereocenters. The standard InChI is InChI=1S/3C18H22N2O2/c3*1-12(7-13-8-19-15-6-4-3-5-14(13)15)20-18-9-17(10-18,11-18)16(21)22-2/h3*3-6,8,12,19-20H,7,9-11H2,1-2H3/t2*12-,17?,18?;/m10./s1. The molecule has 15 rings (SSSR count). The largest absolute Gasteiger partial charge is 0.469 e. The van der Waals surface area contributed by atoms with E-state index in [1.54, 1.807) is 0 Å². The van der Waals surface area contributed by atoms with E-state index in [9.17, 15) is 14.4 Å². The van der Waals surface area contributed by atoms with Gasteiger partial charge in [-0.05, 0) is 133 Å². The van der Waals surface area contributed by atoms with Crippen LogP contribution in [0.1, 0.15) is 95.2 Å². The molecule has 3 atom stereocenters. The minimum atomic E-state index is -0.164. The number of para-hydroxylation sites is 3. The second-order valence-electron chi connectivity index (χ2n) is 21.6. The number of hydrogen-bond donors (Lipinski definition) is 6. The van der Waals surface area contributed by atoms with Crippen molar-refractivity contribution in [3.8, 4) is 0 Å². The summed E-state index contributed by atoms with van der Waals surface area (Å²) in [5, 5.41) is 15.1. The van der Waals surface area contributed by atoms with Gasteiger partial charge in [-0.1, -0.05) is 54.6 Å². The summed E-state index contributed by atoms with van der Waals surface area (Å²) >= 11 is 0. The fourth-order valence-corrected chi connectivity index (χ4v) is 13.7. The number of aromatic amines is 3. The third kappa shape index (κ3) is 7.62. The molecular formula is C54H66N6O6. The third-order valence-corrected chi connectivity index (χ3v) is 16.2. The Labute approximate surface area is 387 Å². The summed E-state index contributed by atoms with van der Waals surface area (Å²) < 4.78 is 14.7. The minimum absolute atomic E-state index is 0.0274. The number of H-pyrrole nitrogens is 3. The first kappa shape index (κ1) is 44.4. The minimum Gasteiger partial charge on any atom is -0.469 e. The summed E-state index contributed by atoms with van der Waals surface area (Å²) in [6.45, 7) is 6.69. The normalized spacial score (nSPS) is 30.5. The smallest absolute Gasteiger partial charge is 0.312 e. The molecule has 3 aromatic heterocycles. The topological polar surface area (TPSA) is 162 Å². The van der Waals surface area contributed by atoms with Crippen LogP contribution in [0.3, 0.4) is 0 Å². The van der Waals surface area contributed by atoms with Crippen LogP contribution in [-0.2, 0) is 47.9 Å². The van der Waals surface area contributed by atoms with Gasteiger partial charge in [-0.25, -0.2) is 0 Å². The van der Waals surface area contributed by atoms with Crippen molar-refractivity contribution in [1.29, 1.82) is 0 Å². The average Bonchev–Trinajstić information content (AvgIpc) is 3.97. The van der Waals surface area contributed by atoms with Crippen molar-refractivity contribution in [2.45, 2.75) is 133 Å². The second-order valence-corrected chi connectivity index (χ2v) is 21.6. The summed E-state index contributed by atoms with van der Waals surface area (Å²) in [6.07, 6.45) is 17.7. The number of nitrogens with one attached hydrogen (secondary N) is 6. The highest BCUT2D eigenvalue weighted by Gasteiger charge is 2.74. The number of rotatable bonds is 15. The SMILES string of the molecule is COC(=O)C12CC(NC(C)Cc3c[nH]c4ccccc34)(C1)C2.COC(=O)C12CC(N[C@@H](C)Cc3c[nH]c4ccccc34)(C1)C2.COC(=O)C12CC(N[C@H](C)Cc3c[nH]c4ccccc34)(C1)C2. The molecule has 3 aromatic carbocycles. The zero-order valence-corrected chi connectivity index (χ0v) is 39.3. The van der Waals surface area contributed by atoms with Gasteiger partial charge in [0.1, 0.15) is 0 Å². The van der Waals surface area contributed by atoms with E-state index >= 15 is 0 Å². The molecule has 9 aliphatic carbocycles. The molecule has 9 aliphatic rings. The number of carbonyl (C=O) groups is 3. The van der Waals surface area contributed by atoms with Crippen LogP contribution in [0.25, 0.3) is 32.7 Å². The van der Waals surface area contributed by atoms with E-state index in [0.29, 0.717) is 18.1 Å². The van der Waals surface area contributed by atoms with Crippen molar-refractivity contribution in [2.24, 2.45) is 16.2 Å². The van der Waals surface area contributed by atoms with E-state index in [0.717, 1.165) is 77.0 Å². The lowest BCUT2D eigenvalue weighted by Crippen LogP contribution is -2.77. The predicted molar refractivity (Wildman–Crippen MR) is 257 cm³/mol. The maximum atomic E-state index is 11.7. The van der Waals surface area contributed by atoms with E-state index in [2.05, 4.69) is 143 Å². The highest BCUT2D eigenvalue weighted by Crippen LogP contribution is 2.69. The first-order chi connectivity index (χ1) is 31.7. The van der Waals surface area contributed by atoms with Crippen molar-refractivity contribution in [3.63, 3.8) is 0 Å². The zero-order valence-electron chi connectivity index (χ0n) is 39.3. The maximum Gasteiger partial charge on any atom is 0.312 e. The van der Waals surface area contributed by atoms with E-state index in [4.69, 9.17) is 14.2 Å². The Hall–Kier alpha value is -5.43. The third-order valence-electron chi connectivity index (χ3n) is 16.2. The van der Waals surface area contributed by atoms with Crippen molar-refractivity contribution < 1.29 is 28.6 Å². The van der Waals surface area contributed by atoms with Gasteiger partial charge in [-0.15, -0.1) is 0 Å². The molecule has 6 aromatic rings. The number of benzene rings is 3. The van der Waals surface area contributed by atoms with Crippen LogP contribution in [0.5, 0.6) is 0 Å². The molecule has 12 heteroatoms. The Morgan fingerprint density at radius 3 is 0.939 bits per heavy atom. The number of ether oxygens (including phenoxy) is 3. The number of hydrogen-bond acceptors (Lipinski definition) is 9. The second kappa shape index (κ2) is 16.4.